The number of sulfonamides is 1. The molecule has 0 aliphatic rings. The topological polar surface area (TPSA) is 46.2 Å². The van der Waals surface area contributed by atoms with Crippen LogP contribution in [0.5, 0.6) is 0 Å². The van der Waals surface area contributed by atoms with E-state index in [1.165, 1.54) is 6.07 Å². The number of rotatable bonds is 4. The molecule has 7 heteroatoms. The van der Waals surface area contributed by atoms with E-state index in [0.717, 1.165) is 20.5 Å². The molecule has 3 nitrogen and oxygen atoms in total. The van der Waals surface area contributed by atoms with Crippen LogP contribution in [-0.4, -0.2) is 8.42 Å². The minimum absolute atomic E-state index is 0.234. The van der Waals surface area contributed by atoms with Gasteiger partial charge in [0.25, 0.3) is 0 Å². The molecule has 0 unspecified atom stereocenters. The van der Waals surface area contributed by atoms with Crippen LogP contribution in [0.15, 0.2) is 40.6 Å². The van der Waals surface area contributed by atoms with Crippen LogP contribution in [0.25, 0.3) is 0 Å². The van der Waals surface area contributed by atoms with Crippen LogP contribution in [0.3, 0.4) is 0 Å². The van der Waals surface area contributed by atoms with Gasteiger partial charge in [0.1, 0.15) is 4.21 Å². The minimum atomic E-state index is -3.47. The van der Waals surface area contributed by atoms with Gasteiger partial charge < -0.3 is 0 Å². The summed E-state index contributed by atoms with van der Waals surface area (Å²) in [6.07, 6.45) is 0. The predicted molar refractivity (Wildman–Crippen MR) is 82.5 cm³/mol. The molecule has 0 fully saturated rings. The molecule has 1 aromatic carbocycles. The Bertz CT molecular complexity index is 655. The Morgan fingerprint density at radius 3 is 2.67 bits per heavy atom. The highest BCUT2D eigenvalue weighted by Gasteiger charge is 2.15. The lowest BCUT2D eigenvalue weighted by Gasteiger charge is -2.05. The molecule has 2 aromatic rings. The van der Waals surface area contributed by atoms with E-state index in [4.69, 9.17) is 11.6 Å². The highest BCUT2D eigenvalue weighted by atomic mass is 127. The predicted octanol–water partition coefficient (Wildman–Crippen LogP) is 3.48. The van der Waals surface area contributed by atoms with E-state index in [-0.39, 0.29) is 10.8 Å². The summed E-state index contributed by atoms with van der Waals surface area (Å²) >= 11 is 8.96. The summed E-state index contributed by atoms with van der Waals surface area (Å²) in [7, 11) is -3.47. The number of halogens is 2. The van der Waals surface area contributed by atoms with Gasteiger partial charge in [-0.3, -0.25) is 0 Å². The van der Waals surface area contributed by atoms with Gasteiger partial charge in [-0.15, -0.1) is 11.3 Å². The normalized spacial score (nSPS) is 11.7. The van der Waals surface area contributed by atoms with Crippen molar-refractivity contribution in [2.45, 2.75) is 10.8 Å². The van der Waals surface area contributed by atoms with Crippen molar-refractivity contribution in [2.75, 3.05) is 0 Å². The molecule has 2 rings (SSSR count). The molecule has 0 aliphatic carbocycles. The summed E-state index contributed by atoms with van der Waals surface area (Å²) in [4.78, 5) is 0. The second-order valence-electron chi connectivity index (χ2n) is 3.51. The number of hydrogen-bond acceptors (Lipinski definition) is 3. The van der Waals surface area contributed by atoms with Gasteiger partial charge in [0, 0.05) is 10.1 Å². The van der Waals surface area contributed by atoms with Gasteiger partial charge in [0.05, 0.1) is 4.34 Å². The lowest BCUT2D eigenvalue weighted by Crippen LogP contribution is -2.22. The van der Waals surface area contributed by atoms with Crippen molar-refractivity contribution in [1.82, 2.24) is 4.72 Å². The Hall–Kier alpha value is -0.150. The Morgan fingerprint density at radius 2 is 2.06 bits per heavy atom. The van der Waals surface area contributed by atoms with Crippen molar-refractivity contribution in [3.05, 3.63) is 49.9 Å². The molecule has 0 spiro atoms. The molecule has 96 valence electrons. The highest BCUT2D eigenvalue weighted by molar-refractivity contribution is 14.1. The highest BCUT2D eigenvalue weighted by Crippen LogP contribution is 2.25. The first-order valence-electron chi connectivity index (χ1n) is 4.97. The standard InChI is InChI=1S/C11H9ClINO2S2/c12-10-4-5-11(17-10)18(15,16)14-7-8-2-1-3-9(13)6-8/h1-6,14H,7H2. The van der Waals surface area contributed by atoms with Gasteiger partial charge in [-0.2, -0.15) is 0 Å². The lowest BCUT2D eigenvalue weighted by molar-refractivity contribution is 0.583. The third-order valence-electron chi connectivity index (χ3n) is 2.17. The maximum atomic E-state index is 11.9. The SMILES string of the molecule is O=S(=O)(NCc1cccc(I)c1)c1ccc(Cl)s1. The maximum absolute atomic E-state index is 11.9. The number of benzene rings is 1. The fourth-order valence-corrected chi connectivity index (χ4v) is 4.49. The second kappa shape index (κ2) is 5.87. The summed E-state index contributed by atoms with van der Waals surface area (Å²) in [5, 5.41) is 0. The number of nitrogens with one attached hydrogen (secondary N) is 1. The van der Waals surface area contributed by atoms with Crippen molar-refractivity contribution in [3.63, 3.8) is 0 Å². The molecule has 18 heavy (non-hydrogen) atoms. The Balaban J connectivity index is 2.10. The van der Waals surface area contributed by atoms with Gasteiger partial charge in [0.15, 0.2) is 0 Å². The molecular weight excluding hydrogens is 405 g/mol. The summed E-state index contributed by atoms with van der Waals surface area (Å²) in [5.41, 5.74) is 0.924. The molecule has 1 N–H and O–H groups in total. The monoisotopic (exact) mass is 413 g/mol. The van der Waals surface area contributed by atoms with E-state index in [2.05, 4.69) is 27.3 Å². The lowest BCUT2D eigenvalue weighted by atomic mass is 10.2. The minimum Gasteiger partial charge on any atom is -0.206 e. The Kier molecular flexibility index (Phi) is 4.65. The van der Waals surface area contributed by atoms with Crippen LogP contribution < -0.4 is 4.72 Å². The molecule has 1 aromatic heterocycles. The summed E-state index contributed by atoms with van der Waals surface area (Å²) in [6.45, 7) is 0.273. The summed E-state index contributed by atoms with van der Waals surface area (Å²) < 4.78 is 28.2. The van der Waals surface area contributed by atoms with Crippen LogP contribution in [0, 0.1) is 3.57 Å². The van der Waals surface area contributed by atoms with Crippen LogP contribution in [0.4, 0.5) is 0 Å². The third-order valence-corrected chi connectivity index (χ3v) is 5.96. The maximum Gasteiger partial charge on any atom is 0.250 e. The fourth-order valence-electron chi connectivity index (χ4n) is 1.34. The van der Waals surface area contributed by atoms with Crippen molar-refractivity contribution in [2.24, 2.45) is 0 Å². The molecule has 0 aliphatic heterocycles. The van der Waals surface area contributed by atoms with E-state index >= 15 is 0 Å². The fraction of sp³-hybridized carbons (Fsp3) is 0.0909. The average Bonchev–Trinajstić information content (AvgIpc) is 2.74. The van der Waals surface area contributed by atoms with Crippen molar-refractivity contribution >= 4 is 55.6 Å². The summed E-state index contributed by atoms with van der Waals surface area (Å²) in [6, 6.07) is 10.7. The second-order valence-corrected chi connectivity index (χ2v) is 8.47. The zero-order valence-corrected chi connectivity index (χ0v) is 13.6. The molecule has 0 saturated heterocycles. The van der Waals surface area contributed by atoms with Crippen LogP contribution in [-0.2, 0) is 16.6 Å². The molecule has 0 saturated carbocycles. The van der Waals surface area contributed by atoms with Crippen molar-refractivity contribution in [1.29, 1.82) is 0 Å². The van der Waals surface area contributed by atoms with Gasteiger partial charge >= 0.3 is 0 Å². The average molecular weight is 414 g/mol. The summed E-state index contributed by atoms with van der Waals surface area (Å²) in [5.74, 6) is 0. The first kappa shape index (κ1) is 14.3. The number of hydrogen-bond donors (Lipinski definition) is 1. The Morgan fingerprint density at radius 1 is 1.28 bits per heavy atom. The van der Waals surface area contributed by atoms with Crippen molar-refractivity contribution < 1.29 is 8.42 Å². The van der Waals surface area contributed by atoms with E-state index in [1.54, 1.807) is 6.07 Å². The third kappa shape index (κ3) is 3.67. The van der Waals surface area contributed by atoms with Crippen LogP contribution in [0.1, 0.15) is 5.56 Å². The molecule has 0 bridgehead atoms. The molecule has 0 radical (unpaired) electrons. The molecule has 1 heterocycles. The van der Waals surface area contributed by atoms with E-state index in [0.29, 0.717) is 4.34 Å². The van der Waals surface area contributed by atoms with Gasteiger partial charge in [-0.1, -0.05) is 23.7 Å². The largest absolute Gasteiger partial charge is 0.250 e. The molecule has 0 amide bonds. The Labute approximate surface area is 128 Å². The first-order chi connectivity index (χ1) is 8.47. The molecule has 0 atom stereocenters. The zero-order valence-electron chi connectivity index (χ0n) is 9.06. The zero-order chi connectivity index (χ0) is 13.2. The quantitative estimate of drug-likeness (QED) is 0.780. The molecular formula is C11H9ClINO2S2. The van der Waals surface area contributed by atoms with Gasteiger partial charge in [-0.05, 0) is 52.4 Å². The smallest absolute Gasteiger partial charge is 0.206 e. The van der Waals surface area contributed by atoms with E-state index < -0.39 is 10.0 Å². The van der Waals surface area contributed by atoms with E-state index in [9.17, 15) is 8.42 Å². The van der Waals surface area contributed by atoms with E-state index in [1.807, 2.05) is 24.3 Å². The first-order valence-corrected chi connectivity index (χ1v) is 8.72. The van der Waals surface area contributed by atoms with Crippen molar-refractivity contribution in [3.8, 4) is 0 Å². The van der Waals surface area contributed by atoms with Crippen LogP contribution >= 0.6 is 45.5 Å². The van der Waals surface area contributed by atoms with Crippen LogP contribution in [0.2, 0.25) is 4.34 Å². The van der Waals surface area contributed by atoms with Gasteiger partial charge in [-0.25, -0.2) is 13.1 Å². The number of thiophene rings is 1. The van der Waals surface area contributed by atoms with Gasteiger partial charge in [0.2, 0.25) is 10.0 Å².